The molecular formula is C27H34N4O5. The Labute approximate surface area is 211 Å². The Hall–Kier alpha value is -3.43. The summed E-state index contributed by atoms with van der Waals surface area (Å²) in [5.41, 5.74) is 3.44. The number of esters is 1. The van der Waals surface area contributed by atoms with Gasteiger partial charge in [-0.3, -0.25) is 9.47 Å². The van der Waals surface area contributed by atoms with Gasteiger partial charge >= 0.3 is 12.1 Å². The summed E-state index contributed by atoms with van der Waals surface area (Å²) in [5, 5.41) is 4.41. The highest BCUT2D eigenvalue weighted by Gasteiger charge is 2.28. The molecule has 0 spiro atoms. The van der Waals surface area contributed by atoms with Crippen LogP contribution in [0.2, 0.25) is 0 Å². The number of pyridine rings is 1. The van der Waals surface area contributed by atoms with Gasteiger partial charge in [0.25, 0.3) is 0 Å². The number of piperazine rings is 1. The van der Waals surface area contributed by atoms with E-state index in [9.17, 15) is 9.59 Å². The van der Waals surface area contributed by atoms with Crippen molar-refractivity contribution in [2.45, 2.75) is 45.9 Å². The maximum absolute atomic E-state index is 12.9. The Kier molecular flexibility index (Phi) is 7.33. The van der Waals surface area contributed by atoms with Crippen LogP contribution in [0.15, 0.2) is 36.7 Å². The van der Waals surface area contributed by atoms with E-state index in [0.29, 0.717) is 6.54 Å². The predicted molar refractivity (Wildman–Crippen MR) is 136 cm³/mol. The van der Waals surface area contributed by atoms with Crippen LogP contribution in [-0.2, 0) is 16.0 Å². The zero-order chi connectivity index (χ0) is 26.0. The fourth-order valence-electron chi connectivity index (χ4n) is 4.67. The maximum atomic E-state index is 12.9. The summed E-state index contributed by atoms with van der Waals surface area (Å²) in [7, 11) is 3.01. The number of hydrogen-bond donors (Lipinski definition) is 1. The Balaban J connectivity index is 1.70. The van der Waals surface area contributed by atoms with Crippen LogP contribution in [0.4, 0.5) is 4.79 Å². The van der Waals surface area contributed by atoms with Gasteiger partial charge in [-0.1, -0.05) is 6.07 Å². The molecule has 1 aliphatic heterocycles. The van der Waals surface area contributed by atoms with Gasteiger partial charge in [-0.05, 0) is 57.0 Å². The number of methoxy groups -OCH3 is 2. The summed E-state index contributed by atoms with van der Waals surface area (Å²) in [5.74, 6) is 0.319. The van der Waals surface area contributed by atoms with E-state index in [1.54, 1.807) is 30.1 Å². The molecule has 3 heterocycles. The number of rotatable bonds is 5. The molecule has 192 valence electrons. The summed E-state index contributed by atoms with van der Waals surface area (Å²) in [6, 6.07) is 7.59. The van der Waals surface area contributed by atoms with E-state index in [-0.39, 0.29) is 11.7 Å². The van der Waals surface area contributed by atoms with Crippen molar-refractivity contribution in [3.63, 3.8) is 0 Å². The first kappa shape index (κ1) is 25.7. The molecule has 1 aliphatic rings. The van der Waals surface area contributed by atoms with E-state index in [4.69, 9.17) is 14.2 Å². The normalized spacial score (nSPS) is 16.7. The largest absolute Gasteiger partial charge is 0.496 e. The molecular weight excluding hydrogens is 460 g/mol. The molecule has 36 heavy (non-hydrogen) atoms. The highest BCUT2D eigenvalue weighted by atomic mass is 16.6. The van der Waals surface area contributed by atoms with Crippen molar-refractivity contribution in [3.8, 4) is 5.75 Å². The molecule has 9 heteroatoms. The number of benzene rings is 1. The van der Waals surface area contributed by atoms with Gasteiger partial charge in [-0.15, -0.1) is 0 Å². The summed E-state index contributed by atoms with van der Waals surface area (Å²) < 4.78 is 17.8. The average Bonchev–Trinajstić information content (AvgIpc) is 3.31. The lowest BCUT2D eigenvalue weighted by Gasteiger charge is -2.37. The lowest BCUT2D eigenvalue weighted by atomic mass is 10.0. The van der Waals surface area contributed by atoms with Crippen molar-refractivity contribution in [2.75, 3.05) is 33.9 Å². The molecule has 1 fully saturated rings. The van der Waals surface area contributed by atoms with Crippen LogP contribution >= 0.6 is 0 Å². The number of fused-ring (bicyclic) bond motifs is 1. The molecule has 1 atom stereocenters. The van der Waals surface area contributed by atoms with Gasteiger partial charge in [0.05, 0.1) is 19.7 Å². The second-order valence-corrected chi connectivity index (χ2v) is 9.96. The van der Waals surface area contributed by atoms with E-state index < -0.39 is 17.7 Å². The number of aromatic nitrogens is 2. The highest BCUT2D eigenvalue weighted by molar-refractivity contribution is 5.95. The molecule has 0 aliphatic carbocycles. The monoisotopic (exact) mass is 494 g/mol. The first-order valence-corrected chi connectivity index (χ1v) is 12.0. The SMILES string of the molecule is COC(=O)c1ccc(C2CNCCN2Cc2c(OC)cc(C)c3c2ccn3C(=O)OC(C)(C)C)cn1. The molecule has 0 bridgehead atoms. The number of carbonyl (C=O) groups is 2. The van der Waals surface area contributed by atoms with Crippen molar-refractivity contribution < 1.29 is 23.8 Å². The van der Waals surface area contributed by atoms with Crippen LogP contribution in [0.25, 0.3) is 10.9 Å². The molecule has 1 aromatic carbocycles. The smallest absolute Gasteiger partial charge is 0.419 e. The minimum atomic E-state index is -0.595. The van der Waals surface area contributed by atoms with Gasteiger partial charge in [0.1, 0.15) is 17.0 Å². The van der Waals surface area contributed by atoms with E-state index in [1.807, 2.05) is 45.9 Å². The number of nitrogens with one attached hydrogen (secondary N) is 1. The van der Waals surface area contributed by atoms with E-state index in [0.717, 1.165) is 53.0 Å². The first-order chi connectivity index (χ1) is 17.1. The Morgan fingerprint density at radius 3 is 2.61 bits per heavy atom. The van der Waals surface area contributed by atoms with Crippen LogP contribution in [0.5, 0.6) is 5.75 Å². The maximum Gasteiger partial charge on any atom is 0.419 e. The van der Waals surface area contributed by atoms with Crippen molar-refractivity contribution in [3.05, 3.63) is 59.0 Å². The fraction of sp³-hybridized carbons (Fsp3) is 0.444. The van der Waals surface area contributed by atoms with Crippen molar-refractivity contribution in [1.82, 2.24) is 19.8 Å². The summed E-state index contributed by atoms with van der Waals surface area (Å²) in [6.07, 6.45) is 3.09. The fourth-order valence-corrected chi connectivity index (χ4v) is 4.67. The minimum absolute atomic E-state index is 0.0481. The van der Waals surface area contributed by atoms with E-state index in [2.05, 4.69) is 15.2 Å². The van der Waals surface area contributed by atoms with Gasteiger partial charge < -0.3 is 19.5 Å². The number of hydrogen-bond acceptors (Lipinski definition) is 8. The number of ether oxygens (including phenoxy) is 3. The van der Waals surface area contributed by atoms with Crippen molar-refractivity contribution in [2.24, 2.45) is 0 Å². The quantitative estimate of drug-likeness (QED) is 0.531. The molecule has 0 amide bonds. The van der Waals surface area contributed by atoms with Crippen molar-refractivity contribution in [1.29, 1.82) is 0 Å². The van der Waals surface area contributed by atoms with Crippen LogP contribution in [0, 0.1) is 6.92 Å². The summed E-state index contributed by atoms with van der Waals surface area (Å²) in [4.78, 5) is 31.4. The van der Waals surface area contributed by atoms with Gasteiger partial charge in [-0.25, -0.2) is 14.6 Å². The Bertz CT molecular complexity index is 1260. The lowest BCUT2D eigenvalue weighted by Crippen LogP contribution is -2.45. The number of nitrogens with zero attached hydrogens (tertiary/aromatic N) is 3. The van der Waals surface area contributed by atoms with E-state index >= 15 is 0 Å². The van der Waals surface area contributed by atoms with Crippen LogP contribution in [0.1, 0.15) is 54.0 Å². The molecule has 2 aromatic heterocycles. The third-order valence-corrected chi connectivity index (χ3v) is 6.32. The van der Waals surface area contributed by atoms with Gasteiger partial charge in [0.15, 0.2) is 0 Å². The first-order valence-electron chi connectivity index (χ1n) is 12.0. The molecule has 3 aromatic rings. The second kappa shape index (κ2) is 10.3. The Morgan fingerprint density at radius 1 is 1.19 bits per heavy atom. The molecule has 9 nitrogen and oxygen atoms in total. The number of carbonyl (C=O) groups excluding carboxylic acids is 2. The highest BCUT2D eigenvalue weighted by Crippen LogP contribution is 2.35. The number of aryl methyl sites for hydroxylation is 1. The minimum Gasteiger partial charge on any atom is -0.496 e. The van der Waals surface area contributed by atoms with Crippen LogP contribution < -0.4 is 10.1 Å². The zero-order valence-corrected chi connectivity index (χ0v) is 21.8. The Morgan fingerprint density at radius 2 is 1.97 bits per heavy atom. The average molecular weight is 495 g/mol. The molecule has 4 rings (SSSR count). The van der Waals surface area contributed by atoms with Crippen LogP contribution in [-0.4, -0.2) is 66.0 Å². The van der Waals surface area contributed by atoms with E-state index in [1.165, 1.54) is 7.11 Å². The van der Waals surface area contributed by atoms with Gasteiger partial charge in [0, 0.05) is 55.6 Å². The lowest BCUT2D eigenvalue weighted by molar-refractivity contribution is 0.0542. The molecule has 0 saturated carbocycles. The molecule has 0 radical (unpaired) electrons. The predicted octanol–water partition coefficient (Wildman–Crippen LogP) is 4.07. The van der Waals surface area contributed by atoms with Crippen molar-refractivity contribution >= 4 is 23.0 Å². The third-order valence-electron chi connectivity index (χ3n) is 6.32. The summed E-state index contributed by atoms with van der Waals surface area (Å²) in [6.45, 7) is 10.6. The topological polar surface area (TPSA) is 94.9 Å². The molecule has 1 saturated heterocycles. The zero-order valence-electron chi connectivity index (χ0n) is 21.8. The molecule has 1 unspecified atom stereocenters. The second-order valence-electron chi connectivity index (χ2n) is 9.96. The summed E-state index contributed by atoms with van der Waals surface area (Å²) >= 11 is 0. The standard InChI is InChI=1S/C27H34N4O5/c1-17-13-23(34-5)20(19-9-11-31(24(17)19)26(33)36-27(2,3)4)16-30-12-10-28-15-22(30)18-7-8-21(29-14-18)25(32)35-6/h7-9,11,13-14,22,28H,10,12,15-16H2,1-6H3. The van der Waals surface area contributed by atoms with Gasteiger partial charge in [-0.2, -0.15) is 0 Å². The molecule has 1 N–H and O–H groups in total. The third kappa shape index (κ3) is 5.22. The van der Waals surface area contributed by atoms with Crippen LogP contribution in [0.3, 0.4) is 0 Å². The van der Waals surface area contributed by atoms with Gasteiger partial charge in [0.2, 0.25) is 0 Å².